The summed E-state index contributed by atoms with van der Waals surface area (Å²) in [6.07, 6.45) is 7.08. The largest absolute Gasteiger partial charge is 0.263 e. The topological polar surface area (TPSA) is 72.0 Å². The van der Waals surface area contributed by atoms with Gasteiger partial charge in [0.1, 0.15) is 4.60 Å². The fourth-order valence-corrected chi connectivity index (χ4v) is 3.69. The molecular formula is C14H14BrN3O2S. The number of nitrogens with one attached hydrogen (secondary N) is 1. The zero-order chi connectivity index (χ0) is 14.9. The van der Waals surface area contributed by atoms with Crippen LogP contribution in [0.3, 0.4) is 0 Å². The molecule has 1 aromatic carbocycles. The first-order valence-corrected chi connectivity index (χ1v) is 8.94. The molecule has 21 heavy (non-hydrogen) atoms. The van der Waals surface area contributed by atoms with Crippen LogP contribution in [0.25, 0.3) is 0 Å². The Morgan fingerprint density at radius 3 is 2.52 bits per heavy atom. The van der Waals surface area contributed by atoms with Gasteiger partial charge < -0.3 is 0 Å². The van der Waals surface area contributed by atoms with Crippen molar-refractivity contribution in [1.82, 2.24) is 9.97 Å². The van der Waals surface area contributed by atoms with E-state index in [9.17, 15) is 8.42 Å². The van der Waals surface area contributed by atoms with E-state index >= 15 is 0 Å². The Kier molecular flexibility index (Phi) is 3.95. The molecule has 1 aromatic heterocycles. The highest BCUT2D eigenvalue weighted by atomic mass is 79.9. The Bertz CT molecular complexity index is 760. The molecule has 3 rings (SSSR count). The summed E-state index contributed by atoms with van der Waals surface area (Å²) in [4.78, 5) is 8.20. The van der Waals surface area contributed by atoms with Crippen molar-refractivity contribution in [2.75, 3.05) is 4.72 Å². The summed E-state index contributed by atoms with van der Waals surface area (Å²) < 4.78 is 27.8. The molecule has 0 saturated heterocycles. The minimum Gasteiger partial charge on any atom is -0.262 e. The molecule has 1 heterocycles. The van der Waals surface area contributed by atoms with Crippen LogP contribution >= 0.6 is 15.9 Å². The van der Waals surface area contributed by atoms with Crippen LogP contribution in [0.5, 0.6) is 0 Å². The zero-order valence-corrected chi connectivity index (χ0v) is 13.6. The van der Waals surface area contributed by atoms with Crippen molar-refractivity contribution in [2.45, 2.75) is 30.6 Å². The van der Waals surface area contributed by atoms with E-state index in [-0.39, 0.29) is 10.7 Å². The van der Waals surface area contributed by atoms with E-state index in [1.165, 1.54) is 24.4 Å². The number of hydrogen-bond acceptors (Lipinski definition) is 4. The molecule has 0 amide bonds. The molecule has 1 aliphatic rings. The van der Waals surface area contributed by atoms with Gasteiger partial charge in [0.05, 0.1) is 17.3 Å². The van der Waals surface area contributed by atoms with Gasteiger partial charge in [-0.2, -0.15) is 0 Å². The van der Waals surface area contributed by atoms with Crippen LogP contribution in [0.15, 0.2) is 40.1 Å². The van der Waals surface area contributed by atoms with Gasteiger partial charge in [-0.25, -0.2) is 18.4 Å². The van der Waals surface area contributed by atoms with E-state index in [4.69, 9.17) is 0 Å². The third kappa shape index (κ3) is 3.24. The Morgan fingerprint density at radius 2 is 1.81 bits per heavy atom. The Hall–Kier alpha value is -1.47. The number of halogens is 1. The second-order valence-corrected chi connectivity index (χ2v) is 7.46. The lowest BCUT2D eigenvalue weighted by Crippen LogP contribution is -2.15. The second kappa shape index (κ2) is 5.73. The third-order valence-corrected chi connectivity index (χ3v) is 5.25. The molecule has 2 aromatic rings. The van der Waals surface area contributed by atoms with Gasteiger partial charge in [-0.05, 0) is 64.9 Å². The number of aryl methyl sites for hydroxylation is 2. The number of nitrogens with zero attached hydrogens (tertiary/aromatic N) is 2. The molecular weight excluding hydrogens is 354 g/mol. The SMILES string of the molecule is O=S(=O)(Nc1cnc(Br)cn1)c1ccc2c(c1)CCCC2. The van der Waals surface area contributed by atoms with Gasteiger partial charge in [-0.1, -0.05) is 6.07 Å². The van der Waals surface area contributed by atoms with Crippen LogP contribution in [0.2, 0.25) is 0 Å². The molecule has 0 bridgehead atoms. The summed E-state index contributed by atoms with van der Waals surface area (Å²) in [6, 6.07) is 5.33. The first kappa shape index (κ1) is 14.5. The number of aromatic nitrogens is 2. The fourth-order valence-electron chi connectivity index (χ4n) is 2.44. The molecule has 0 aliphatic heterocycles. The zero-order valence-electron chi connectivity index (χ0n) is 11.2. The lowest BCUT2D eigenvalue weighted by molar-refractivity contribution is 0.600. The summed E-state index contributed by atoms with van der Waals surface area (Å²) in [5.74, 6) is 0.205. The van der Waals surface area contributed by atoms with Crippen molar-refractivity contribution in [3.63, 3.8) is 0 Å². The second-order valence-electron chi connectivity index (χ2n) is 4.97. The van der Waals surface area contributed by atoms with Crippen molar-refractivity contribution < 1.29 is 8.42 Å². The lowest BCUT2D eigenvalue weighted by Gasteiger charge is -2.16. The third-order valence-electron chi connectivity index (χ3n) is 3.49. The van der Waals surface area contributed by atoms with Crippen LogP contribution in [-0.2, 0) is 22.9 Å². The van der Waals surface area contributed by atoms with Gasteiger partial charge in [0, 0.05) is 0 Å². The maximum absolute atomic E-state index is 12.4. The van der Waals surface area contributed by atoms with E-state index < -0.39 is 10.0 Å². The number of rotatable bonds is 3. The highest BCUT2D eigenvalue weighted by Gasteiger charge is 2.18. The Balaban J connectivity index is 1.89. The van der Waals surface area contributed by atoms with Gasteiger partial charge >= 0.3 is 0 Å². The van der Waals surface area contributed by atoms with Crippen molar-refractivity contribution in [3.05, 3.63) is 46.3 Å². The monoisotopic (exact) mass is 367 g/mol. The minimum atomic E-state index is -3.63. The van der Waals surface area contributed by atoms with Crippen LogP contribution in [0.4, 0.5) is 5.82 Å². The molecule has 0 atom stereocenters. The molecule has 5 nitrogen and oxygen atoms in total. The first-order valence-electron chi connectivity index (χ1n) is 6.67. The number of sulfonamides is 1. The predicted molar refractivity (Wildman–Crippen MR) is 83.6 cm³/mol. The van der Waals surface area contributed by atoms with Gasteiger partial charge in [0.15, 0.2) is 5.82 Å². The Labute approximate surface area is 132 Å². The summed E-state index contributed by atoms with van der Waals surface area (Å²) in [7, 11) is -3.63. The van der Waals surface area contributed by atoms with E-state index in [0.717, 1.165) is 24.8 Å². The summed E-state index contributed by atoms with van der Waals surface area (Å²) in [6.45, 7) is 0. The summed E-state index contributed by atoms with van der Waals surface area (Å²) >= 11 is 3.16. The molecule has 0 saturated carbocycles. The van der Waals surface area contributed by atoms with Crippen LogP contribution in [-0.4, -0.2) is 18.4 Å². The average molecular weight is 368 g/mol. The van der Waals surface area contributed by atoms with Crippen molar-refractivity contribution >= 4 is 31.8 Å². The maximum Gasteiger partial charge on any atom is 0.263 e. The quantitative estimate of drug-likeness (QED) is 0.904. The highest BCUT2D eigenvalue weighted by Crippen LogP contribution is 2.25. The number of fused-ring (bicyclic) bond motifs is 1. The van der Waals surface area contributed by atoms with Crippen molar-refractivity contribution in [1.29, 1.82) is 0 Å². The molecule has 0 spiro atoms. The molecule has 0 unspecified atom stereocenters. The van der Waals surface area contributed by atoms with E-state index in [1.807, 2.05) is 6.07 Å². The highest BCUT2D eigenvalue weighted by molar-refractivity contribution is 9.10. The molecule has 7 heteroatoms. The first-order chi connectivity index (χ1) is 10.0. The van der Waals surface area contributed by atoms with Gasteiger partial charge in [-0.3, -0.25) is 4.72 Å². The number of hydrogen-bond donors (Lipinski definition) is 1. The molecule has 0 fully saturated rings. The summed E-state index contributed by atoms with van der Waals surface area (Å²) in [5.41, 5.74) is 2.38. The molecule has 110 valence electrons. The van der Waals surface area contributed by atoms with Crippen molar-refractivity contribution in [2.24, 2.45) is 0 Å². The maximum atomic E-state index is 12.4. The van der Waals surface area contributed by atoms with Gasteiger partial charge in [0.2, 0.25) is 0 Å². The smallest absolute Gasteiger partial charge is 0.262 e. The van der Waals surface area contributed by atoms with Crippen molar-refractivity contribution in [3.8, 4) is 0 Å². The van der Waals surface area contributed by atoms with Gasteiger partial charge in [-0.15, -0.1) is 0 Å². The predicted octanol–water partition coefficient (Wildman–Crippen LogP) is 2.92. The van der Waals surface area contributed by atoms with E-state index in [2.05, 4.69) is 30.6 Å². The van der Waals surface area contributed by atoms with E-state index in [0.29, 0.717) is 4.60 Å². The molecule has 0 radical (unpaired) electrons. The number of benzene rings is 1. The lowest BCUT2D eigenvalue weighted by atomic mass is 9.92. The van der Waals surface area contributed by atoms with Crippen LogP contribution < -0.4 is 4.72 Å². The average Bonchev–Trinajstić information content (AvgIpc) is 2.49. The number of anilines is 1. The van der Waals surface area contributed by atoms with Gasteiger partial charge in [0.25, 0.3) is 10.0 Å². The molecule has 1 aliphatic carbocycles. The fraction of sp³-hybridized carbons (Fsp3) is 0.286. The molecule has 1 N–H and O–H groups in total. The minimum absolute atomic E-state index is 0.205. The normalized spacial score (nSPS) is 14.5. The standard InChI is InChI=1S/C14H14BrN3O2S/c15-13-8-17-14(9-16-13)18-21(19,20)12-6-5-10-3-1-2-4-11(10)7-12/h5-9H,1-4H2,(H,17,18). The van der Waals surface area contributed by atoms with Crippen LogP contribution in [0.1, 0.15) is 24.0 Å². The van der Waals surface area contributed by atoms with Crippen LogP contribution in [0, 0.1) is 0 Å². The Morgan fingerprint density at radius 1 is 1.05 bits per heavy atom. The summed E-state index contributed by atoms with van der Waals surface area (Å²) in [5, 5.41) is 0. The van der Waals surface area contributed by atoms with E-state index in [1.54, 1.807) is 12.1 Å².